The normalized spacial score (nSPS) is 10.5. The Balaban J connectivity index is 1.93. The Bertz CT molecular complexity index is 812. The number of hydrogen-bond donors (Lipinski definition) is 1. The molecular weight excluding hydrogens is 346 g/mol. The number of allylic oxidation sites excluding steroid dienone is 1. The first-order valence-corrected chi connectivity index (χ1v) is 8.58. The quantitative estimate of drug-likeness (QED) is 0.714. The lowest BCUT2D eigenvalue weighted by Gasteiger charge is -2.12. The van der Waals surface area contributed by atoms with Crippen LogP contribution in [0.3, 0.4) is 0 Å². The summed E-state index contributed by atoms with van der Waals surface area (Å²) in [5, 5.41) is 2.71. The van der Waals surface area contributed by atoms with Gasteiger partial charge in [0.15, 0.2) is 18.1 Å². The van der Waals surface area contributed by atoms with E-state index in [0.29, 0.717) is 29.4 Å². The highest BCUT2D eigenvalue weighted by Gasteiger charge is 2.10. The number of rotatable bonds is 8. The van der Waals surface area contributed by atoms with Crippen molar-refractivity contribution in [3.8, 4) is 11.5 Å². The molecule has 0 aromatic heterocycles. The van der Waals surface area contributed by atoms with Gasteiger partial charge in [-0.2, -0.15) is 0 Å². The van der Waals surface area contributed by atoms with Gasteiger partial charge in [-0.15, -0.1) is 0 Å². The fraction of sp³-hybridized carbons (Fsp3) is 0.238. The molecule has 0 heterocycles. The molecule has 142 valence electrons. The summed E-state index contributed by atoms with van der Waals surface area (Å²) >= 11 is 0. The first-order chi connectivity index (χ1) is 13.1. The zero-order chi connectivity index (χ0) is 19.6. The van der Waals surface area contributed by atoms with Crippen LogP contribution in [0.2, 0.25) is 0 Å². The molecule has 0 spiro atoms. The lowest BCUT2D eigenvalue weighted by molar-refractivity contribution is -0.118. The minimum absolute atomic E-state index is 0.168. The Morgan fingerprint density at radius 2 is 1.81 bits per heavy atom. The molecule has 1 N–H and O–H groups in total. The van der Waals surface area contributed by atoms with E-state index in [1.54, 1.807) is 44.4 Å². The smallest absolute Gasteiger partial charge is 0.338 e. The van der Waals surface area contributed by atoms with Crippen molar-refractivity contribution in [2.24, 2.45) is 0 Å². The van der Waals surface area contributed by atoms with Crippen molar-refractivity contribution in [1.82, 2.24) is 0 Å². The van der Waals surface area contributed by atoms with Crippen molar-refractivity contribution in [2.45, 2.75) is 13.8 Å². The second-order valence-corrected chi connectivity index (χ2v) is 5.54. The predicted molar refractivity (Wildman–Crippen MR) is 104 cm³/mol. The van der Waals surface area contributed by atoms with Crippen LogP contribution < -0.4 is 14.8 Å². The SMILES string of the molecule is C/C=C/c1ccc(OCC(=O)Nc2ccc(C(=O)OCC)cc2)c(OC)c1. The zero-order valence-corrected chi connectivity index (χ0v) is 15.7. The molecule has 0 aliphatic heterocycles. The van der Waals surface area contributed by atoms with E-state index in [0.717, 1.165) is 5.56 Å². The van der Waals surface area contributed by atoms with E-state index in [-0.39, 0.29) is 12.5 Å². The van der Waals surface area contributed by atoms with E-state index in [1.807, 2.05) is 31.2 Å². The third kappa shape index (κ3) is 5.88. The topological polar surface area (TPSA) is 73.9 Å². The molecule has 0 unspecified atom stereocenters. The first kappa shape index (κ1) is 20.0. The summed E-state index contributed by atoms with van der Waals surface area (Å²) in [5.74, 6) is 0.321. The molecule has 27 heavy (non-hydrogen) atoms. The first-order valence-electron chi connectivity index (χ1n) is 8.58. The molecule has 1 amide bonds. The van der Waals surface area contributed by atoms with Crippen LogP contribution in [0.25, 0.3) is 6.08 Å². The number of nitrogens with one attached hydrogen (secondary N) is 1. The van der Waals surface area contributed by atoms with E-state index in [4.69, 9.17) is 14.2 Å². The Hall–Kier alpha value is -3.28. The molecule has 6 heteroatoms. The Morgan fingerprint density at radius 1 is 1.07 bits per heavy atom. The summed E-state index contributed by atoms with van der Waals surface area (Å²) in [6.45, 7) is 3.82. The van der Waals surface area contributed by atoms with E-state index >= 15 is 0 Å². The van der Waals surface area contributed by atoms with Crippen LogP contribution in [-0.2, 0) is 9.53 Å². The minimum Gasteiger partial charge on any atom is -0.493 e. The fourth-order valence-electron chi connectivity index (χ4n) is 2.34. The standard InChI is InChI=1S/C21H23NO5/c1-4-6-15-7-12-18(19(13-15)25-3)27-14-20(23)22-17-10-8-16(9-11-17)21(24)26-5-2/h4,6-13H,5,14H2,1-3H3,(H,22,23)/b6-4+. The van der Waals surface area contributed by atoms with Gasteiger partial charge < -0.3 is 19.5 Å². The van der Waals surface area contributed by atoms with Gasteiger partial charge in [0.1, 0.15) is 0 Å². The second kappa shape index (κ2) is 10.0. The Kier molecular flexibility index (Phi) is 7.43. The predicted octanol–water partition coefficient (Wildman–Crippen LogP) is 3.92. The van der Waals surface area contributed by atoms with E-state index in [1.165, 1.54) is 0 Å². The van der Waals surface area contributed by atoms with Crippen molar-refractivity contribution in [1.29, 1.82) is 0 Å². The average molecular weight is 369 g/mol. The number of anilines is 1. The van der Waals surface area contributed by atoms with Crippen LogP contribution in [0.15, 0.2) is 48.5 Å². The second-order valence-electron chi connectivity index (χ2n) is 5.54. The molecule has 0 atom stereocenters. The van der Waals surface area contributed by atoms with Gasteiger partial charge in [-0.25, -0.2) is 4.79 Å². The van der Waals surface area contributed by atoms with E-state index < -0.39 is 5.97 Å². The highest BCUT2D eigenvalue weighted by molar-refractivity contribution is 5.93. The van der Waals surface area contributed by atoms with Crippen molar-refractivity contribution >= 4 is 23.6 Å². The van der Waals surface area contributed by atoms with Gasteiger partial charge >= 0.3 is 5.97 Å². The molecule has 0 aliphatic rings. The van der Waals surface area contributed by atoms with Crippen LogP contribution in [0.5, 0.6) is 11.5 Å². The molecular formula is C21H23NO5. The summed E-state index contributed by atoms with van der Waals surface area (Å²) in [4.78, 5) is 23.7. The number of methoxy groups -OCH3 is 1. The minimum atomic E-state index is -0.396. The summed E-state index contributed by atoms with van der Waals surface area (Å²) in [5.41, 5.74) is 1.97. The van der Waals surface area contributed by atoms with Gasteiger partial charge in [0.2, 0.25) is 0 Å². The van der Waals surface area contributed by atoms with Gasteiger partial charge in [-0.1, -0.05) is 18.2 Å². The van der Waals surface area contributed by atoms with Crippen molar-refractivity contribution in [2.75, 3.05) is 25.6 Å². The molecule has 0 fully saturated rings. The molecule has 0 saturated heterocycles. The molecule has 0 saturated carbocycles. The van der Waals surface area contributed by atoms with Gasteiger partial charge in [0, 0.05) is 5.69 Å². The van der Waals surface area contributed by atoms with E-state index in [9.17, 15) is 9.59 Å². The molecule has 2 aromatic carbocycles. The number of hydrogen-bond acceptors (Lipinski definition) is 5. The summed E-state index contributed by atoms with van der Waals surface area (Å²) < 4.78 is 15.8. The third-order valence-corrected chi connectivity index (χ3v) is 3.59. The zero-order valence-electron chi connectivity index (χ0n) is 15.7. The monoisotopic (exact) mass is 369 g/mol. The Labute approximate surface area is 158 Å². The van der Waals surface area contributed by atoms with Gasteiger partial charge in [0.05, 0.1) is 19.3 Å². The van der Waals surface area contributed by atoms with Crippen molar-refractivity contribution in [3.05, 3.63) is 59.7 Å². The van der Waals surface area contributed by atoms with Gasteiger partial charge in [0.25, 0.3) is 5.91 Å². The number of esters is 1. The van der Waals surface area contributed by atoms with Crippen molar-refractivity contribution < 1.29 is 23.8 Å². The lowest BCUT2D eigenvalue weighted by Crippen LogP contribution is -2.20. The third-order valence-electron chi connectivity index (χ3n) is 3.59. The molecule has 2 rings (SSSR count). The fourth-order valence-corrected chi connectivity index (χ4v) is 2.34. The summed E-state index contributed by atoms with van der Waals surface area (Å²) in [7, 11) is 1.55. The number of amides is 1. The van der Waals surface area contributed by atoms with Crippen LogP contribution in [0.4, 0.5) is 5.69 Å². The molecule has 2 aromatic rings. The van der Waals surface area contributed by atoms with Crippen LogP contribution >= 0.6 is 0 Å². The number of carbonyl (C=O) groups excluding carboxylic acids is 2. The number of ether oxygens (including phenoxy) is 3. The van der Waals surface area contributed by atoms with Crippen LogP contribution in [0, 0.1) is 0 Å². The molecule has 0 bridgehead atoms. The lowest BCUT2D eigenvalue weighted by atomic mass is 10.2. The highest BCUT2D eigenvalue weighted by atomic mass is 16.5. The summed E-state index contributed by atoms with van der Waals surface area (Å²) in [6, 6.07) is 11.9. The average Bonchev–Trinajstić information content (AvgIpc) is 2.68. The maximum atomic E-state index is 12.1. The number of benzene rings is 2. The van der Waals surface area contributed by atoms with Crippen LogP contribution in [0.1, 0.15) is 29.8 Å². The Morgan fingerprint density at radius 3 is 2.44 bits per heavy atom. The molecule has 0 aliphatic carbocycles. The van der Waals surface area contributed by atoms with Gasteiger partial charge in [-0.3, -0.25) is 4.79 Å². The molecule has 0 radical (unpaired) electrons. The maximum absolute atomic E-state index is 12.1. The van der Waals surface area contributed by atoms with Gasteiger partial charge in [-0.05, 0) is 55.8 Å². The largest absolute Gasteiger partial charge is 0.493 e. The van der Waals surface area contributed by atoms with E-state index in [2.05, 4.69) is 5.32 Å². The highest BCUT2D eigenvalue weighted by Crippen LogP contribution is 2.28. The van der Waals surface area contributed by atoms with Crippen LogP contribution in [-0.4, -0.2) is 32.2 Å². The molecule has 6 nitrogen and oxygen atoms in total. The summed E-state index contributed by atoms with van der Waals surface area (Å²) in [6.07, 6.45) is 3.87. The maximum Gasteiger partial charge on any atom is 0.338 e. The number of carbonyl (C=O) groups is 2. The van der Waals surface area contributed by atoms with Crippen molar-refractivity contribution in [3.63, 3.8) is 0 Å².